The Labute approximate surface area is 573 Å². The van der Waals surface area contributed by atoms with Crippen molar-refractivity contribution in [1.82, 2.24) is 4.44 Å². The van der Waals surface area contributed by atoms with Gasteiger partial charge in [-0.05, 0) is 80.7 Å². The Hall–Kier alpha value is 0.599. The molecule has 2 unspecified atom stereocenters. The number of hydrogen-bond acceptors (Lipinski definition) is 5. The van der Waals surface area contributed by atoms with Crippen molar-refractivity contribution in [2.45, 2.75) is 234 Å². The molecule has 0 aromatic heterocycles. The Kier molecular flexibility index (Phi) is 57.5. The molecule has 0 spiro atoms. The summed E-state index contributed by atoms with van der Waals surface area (Å²) < 4.78 is 17.5. The first-order valence-corrected chi connectivity index (χ1v) is 49.8. The van der Waals surface area contributed by atoms with Crippen LogP contribution in [0.1, 0.15) is 189 Å². The van der Waals surface area contributed by atoms with E-state index < -0.39 is 43.7 Å². The molecule has 0 saturated carbocycles. The van der Waals surface area contributed by atoms with Crippen molar-refractivity contribution in [3.8, 4) is 6.07 Å². The maximum atomic E-state index is 7.32. The fraction of sp³-hybridized carbons (Fsp3) is 0.588. The average molecular weight is 1470 g/mol. The zero-order valence-electron chi connectivity index (χ0n) is 54.4. The van der Waals surface area contributed by atoms with Gasteiger partial charge < -0.3 is 14.2 Å². The van der Waals surface area contributed by atoms with E-state index in [9.17, 15) is 0 Å². The predicted molar refractivity (Wildman–Crippen MR) is 392 cm³/mol. The number of unbranched alkanes of at least 4 members (excludes halogenated alkanes) is 6. The topological polar surface area (TPSA) is 54.7 Å². The van der Waals surface area contributed by atoms with E-state index >= 15 is 0 Å². The molecule has 3 heterocycles. The molecule has 2 atom stereocenters. The van der Waals surface area contributed by atoms with Crippen LogP contribution in [0.3, 0.4) is 0 Å². The predicted octanol–water partition coefficient (Wildman–Crippen LogP) is 22.3. The number of aryl methyl sites for hydroxylation is 2. The molecule has 0 amide bonds. The zero-order valence-corrected chi connectivity index (χ0v) is 66.3. The van der Waals surface area contributed by atoms with Crippen LogP contribution in [0.2, 0.25) is 36.3 Å². The molecule has 490 valence electrons. The number of halogens is 7. The molecule has 0 bridgehead atoms. The second kappa shape index (κ2) is 57.1. The van der Waals surface area contributed by atoms with E-state index in [0.29, 0.717) is 6.04 Å². The number of hydrogen-bond donors (Lipinski definition) is 0. The Morgan fingerprint density at radius 3 is 0.872 bits per heavy atom. The van der Waals surface area contributed by atoms with Gasteiger partial charge in [-0.2, -0.15) is 24.5 Å². The van der Waals surface area contributed by atoms with E-state index in [4.69, 9.17) is 92.9 Å². The van der Waals surface area contributed by atoms with Crippen molar-refractivity contribution in [3.63, 3.8) is 0 Å². The molecule has 3 aliphatic heterocycles. The van der Waals surface area contributed by atoms with Crippen molar-refractivity contribution in [2.75, 3.05) is 25.2 Å². The van der Waals surface area contributed by atoms with Crippen LogP contribution in [0.25, 0.3) is 0 Å². The van der Waals surface area contributed by atoms with Crippen molar-refractivity contribution in [3.05, 3.63) is 128 Å². The van der Waals surface area contributed by atoms with Crippen molar-refractivity contribution < 1.29 is 39.0 Å². The number of nitrogens with zero attached hydrogens (tertiary/aromatic N) is 2. The van der Waals surface area contributed by atoms with Crippen LogP contribution >= 0.6 is 89.6 Å². The van der Waals surface area contributed by atoms with Crippen LogP contribution in [0.5, 0.6) is 0 Å². The molecule has 4 aromatic carbocycles. The molecule has 0 aliphatic carbocycles. The molecule has 86 heavy (non-hydrogen) atoms. The molecule has 0 N–H and O–H groups in total. The normalized spacial score (nSPS) is 14.1. The van der Waals surface area contributed by atoms with Crippen LogP contribution in [0.15, 0.2) is 97.1 Å². The summed E-state index contributed by atoms with van der Waals surface area (Å²) in [4.78, 5) is 0. The number of benzene rings is 4. The Bertz CT molecular complexity index is 1980. The van der Waals surface area contributed by atoms with Gasteiger partial charge in [-0.25, -0.2) is 19.8 Å². The second-order valence-corrected chi connectivity index (χ2v) is 45.9. The average Bonchev–Trinajstić information content (AvgIpc) is 1.32. The fourth-order valence-electron chi connectivity index (χ4n) is 10.9. The van der Waals surface area contributed by atoms with Gasteiger partial charge in [-0.1, -0.05) is 244 Å². The van der Waals surface area contributed by atoms with Gasteiger partial charge in [0.1, 0.15) is 21.2 Å². The van der Waals surface area contributed by atoms with Gasteiger partial charge in [0.15, 0.2) is 16.1 Å². The van der Waals surface area contributed by atoms with E-state index in [2.05, 4.69) is 171 Å². The SMILES string of the molecule is CC#N.CCCC[Si](CCCC)(CCCC)c1ccc([PH+](c2ccc(C)cc2)N(C(C)C)[PH+](c2ccc(C)cc2)c2ccc([Si](CCCC)(CCCC)CCCC)cc2)cc1.ClCCl.[CH-]1CCCO1.[CH-]1CCCO1.[CH-]1CCCO1.[Cl][Cr+][Cl].[Cl][Cr]([Cl])[Cl]. The van der Waals surface area contributed by atoms with Crippen molar-refractivity contribution in [1.29, 1.82) is 5.26 Å². The third kappa shape index (κ3) is 37.5. The van der Waals surface area contributed by atoms with Crippen LogP contribution < -0.4 is 31.6 Å². The Morgan fingerprint density at radius 1 is 0.512 bits per heavy atom. The monoisotopic (exact) mass is 1470 g/mol. The Morgan fingerprint density at radius 2 is 0.721 bits per heavy atom. The number of ether oxygens (including phenoxy) is 3. The number of alkyl halides is 2. The summed E-state index contributed by atoms with van der Waals surface area (Å²) in [5.74, 6) is 0. The minimum absolute atomic E-state index is 0.181. The van der Waals surface area contributed by atoms with E-state index in [1.807, 2.05) is 19.8 Å². The summed E-state index contributed by atoms with van der Waals surface area (Å²) >= 11 is 7.72. The molecular weight excluding hydrogens is 1360 g/mol. The number of rotatable bonds is 27. The van der Waals surface area contributed by atoms with Crippen LogP contribution in [-0.2, 0) is 39.0 Å². The summed E-state index contributed by atoms with van der Waals surface area (Å²) in [6.07, 6.45) is 23.2. The number of nitriles is 1. The Balaban J connectivity index is 0.00000210. The third-order valence-electron chi connectivity index (χ3n) is 15.3. The van der Waals surface area contributed by atoms with Crippen LogP contribution in [0.4, 0.5) is 0 Å². The summed E-state index contributed by atoms with van der Waals surface area (Å²) in [5.41, 5.74) is 2.69. The fourth-order valence-corrected chi connectivity index (χ4v) is 29.2. The van der Waals surface area contributed by atoms with E-state index in [1.165, 1.54) is 161 Å². The summed E-state index contributed by atoms with van der Waals surface area (Å²) in [5, 5.41) is 17.1. The van der Waals surface area contributed by atoms with Gasteiger partial charge in [-0.3, -0.25) is 0 Å². The molecule has 3 saturated heterocycles. The molecule has 7 rings (SSSR count). The van der Waals surface area contributed by atoms with Gasteiger partial charge in [0.25, 0.3) is 0 Å². The van der Waals surface area contributed by atoms with Crippen LogP contribution in [-0.4, -0.2) is 51.8 Å². The van der Waals surface area contributed by atoms with Gasteiger partial charge >= 0.3 is 75.0 Å². The first-order chi connectivity index (χ1) is 41.6. The summed E-state index contributed by atoms with van der Waals surface area (Å²) in [6, 6.07) is 51.3. The minimum atomic E-state index is -1.62. The molecule has 4 aromatic rings. The van der Waals surface area contributed by atoms with Gasteiger partial charge in [-0.15, -0.1) is 23.2 Å². The van der Waals surface area contributed by atoms with Gasteiger partial charge in [0.05, 0.1) is 33.6 Å². The molecule has 0 radical (unpaired) electrons. The summed E-state index contributed by atoms with van der Waals surface area (Å²) in [7, 11) is 18.6. The molecule has 3 aliphatic rings. The molecular formula is C68H111Cl7Cr2N2O3P2Si2. The molecule has 18 heteroatoms. The summed E-state index contributed by atoms with van der Waals surface area (Å²) in [6.45, 7) is 33.7. The van der Waals surface area contributed by atoms with Gasteiger partial charge in [0, 0.05) is 26.7 Å². The zero-order chi connectivity index (χ0) is 64.3. The standard InChI is InChI=1S/C53H83NP2Si2.3C4H7O.C2H3N.CH2Cl2.5ClH.2Cr/c1-11-17-39-57(40-18-12-2,41-19-13-3)52-35-31-50(32-36-52)55(48-27-23-46(9)24-28-48)54(45(7)8)56(49-29-25-47(10)26-30-49)51-33-37-53(38-34-51)58(42-20-14-4,43-21-15-5)44-22-16-6;3*1-2-4-5-3-1;1-2-3;2-1-3;;;;;;;/h23-38,45H,11-22,39-44H2,1-10H3;3*3H,1-2,4H2;1H3;1H2;5*1H;;/q;3*-1;;;;;;;;2*+3/p-3. The van der Waals surface area contributed by atoms with E-state index in [0.717, 1.165) is 39.1 Å². The van der Waals surface area contributed by atoms with Gasteiger partial charge in [0.2, 0.25) is 0 Å². The third-order valence-corrected chi connectivity index (χ3v) is 33.2. The molecule has 3 fully saturated rings. The second-order valence-electron chi connectivity index (χ2n) is 22.3. The quantitative estimate of drug-likeness (QED) is 0.0258. The first-order valence-electron chi connectivity index (χ1n) is 31.8. The van der Waals surface area contributed by atoms with Crippen molar-refractivity contribution in [2.24, 2.45) is 0 Å². The maximum absolute atomic E-state index is 7.32. The van der Waals surface area contributed by atoms with E-state index in [1.54, 1.807) is 27.1 Å². The van der Waals surface area contributed by atoms with E-state index in [-0.39, 0.29) is 18.7 Å². The van der Waals surface area contributed by atoms with Crippen LogP contribution in [0, 0.1) is 45.0 Å². The van der Waals surface area contributed by atoms with Crippen molar-refractivity contribution >= 4 is 137 Å². The first kappa shape index (κ1) is 86.6. The molecule has 5 nitrogen and oxygen atoms in total.